The van der Waals surface area contributed by atoms with Gasteiger partial charge < -0.3 is 4.84 Å². The molecule has 82 valence electrons. The molecule has 0 spiro atoms. The molecule has 5 heteroatoms. The molecule has 0 radical (unpaired) electrons. The molecule has 1 aromatic rings. The van der Waals surface area contributed by atoms with Crippen molar-refractivity contribution >= 4 is 5.69 Å². The van der Waals surface area contributed by atoms with E-state index in [0.717, 1.165) is 5.56 Å². The molecule has 0 unspecified atom stereocenters. The molecular formula is C10H14N2O3. The van der Waals surface area contributed by atoms with Crippen LogP contribution in [0, 0.1) is 10.1 Å². The molecule has 1 aromatic carbocycles. The van der Waals surface area contributed by atoms with Gasteiger partial charge in [-0.3, -0.25) is 10.1 Å². The highest BCUT2D eigenvalue weighted by Gasteiger charge is 2.10. The average Bonchev–Trinajstić information content (AvgIpc) is 2.25. The smallest absolute Gasteiger partial charge is 0.272 e. The van der Waals surface area contributed by atoms with Crippen LogP contribution >= 0.6 is 0 Å². The summed E-state index contributed by atoms with van der Waals surface area (Å²) in [4.78, 5) is 15.2. The molecule has 5 nitrogen and oxygen atoms in total. The van der Waals surface area contributed by atoms with Crippen LogP contribution in [0.25, 0.3) is 0 Å². The first kappa shape index (κ1) is 11.6. The SMILES string of the molecule is CCONCCc1ccccc1[N+](=O)[O-]. The van der Waals surface area contributed by atoms with Gasteiger partial charge in [0.1, 0.15) is 0 Å². The van der Waals surface area contributed by atoms with Crippen LogP contribution in [0.2, 0.25) is 0 Å². The zero-order valence-corrected chi connectivity index (χ0v) is 8.60. The van der Waals surface area contributed by atoms with Crippen molar-refractivity contribution in [2.45, 2.75) is 13.3 Å². The third-order valence-corrected chi connectivity index (χ3v) is 1.93. The van der Waals surface area contributed by atoms with E-state index in [1.165, 1.54) is 6.07 Å². The Morgan fingerprint density at radius 3 is 2.87 bits per heavy atom. The first-order chi connectivity index (χ1) is 7.25. The van der Waals surface area contributed by atoms with Crippen molar-refractivity contribution < 1.29 is 9.76 Å². The van der Waals surface area contributed by atoms with Gasteiger partial charge >= 0.3 is 0 Å². The zero-order chi connectivity index (χ0) is 11.1. The maximum absolute atomic E-state index is 10.7. The number of hydroxylamine groups is 1. The van der Waals surface area contributed by atoms with Gasteiger partial charge in [-0.25, -0.2) is 5.48 Å². The number of para-hydroxylation sites is 1. The molecule has 0 atom stereocenters. The topological polar surface area (TPSA) is 64.4 Å². The highest BCUT2D eigenvalue weighted by Crippen LogP contribution is 2.17. The Bertz CT molecular complexity index is 328. The minimum Gasteiger partial charge on any atom is -0.302 e. The number of hydrogen-bond acceptors (Lipinski definition) is 4. The van der Waals surface area contributed by atoms with Crippen LogP contribution in [0.15, 0.2) is 24.3 Å². The minimum absolute atomic E-state index is 0.163. The highest BCUT2D eigenvalue weighted by atomic mass is 16.6. The number of rotatable bonds is 6. The van der Waals surface area contributed by atoms with Crippen LogP contribution in [0.4, 0.5) is 5.69 Å². The second-order valence-corrected chi connectivity index (χ2v) is 2.96. The van der Waals surface area contributed by atoms with Crippen molar-refractivity contribution in [2.24, 2.45) is 0 Å². The third-order valence-electron chi connectivity index (χ3n) is 1.93. The molecule has 0 amide bonds. The summed E-state index contributed by atoms with van der Waals surface area (Å²) in [6.45, 7) is 3.02. The molecule has 1 rings (SSSR count). The number of hydrogen-bond donors (Lipinski definition) is 1. The van der Waals surface area contributed by atoms with E-state index in [-0.39, 0.29) is 10.6 Å². The fourth-order valence-corrected chi connectivity index (χ4v) is 1.26. The Morgan fingerprint density at radius 2 is 2.20 bits per heavy atom. The monoisotopic (exact) mass is 210 g/mol. The van der Waals surface area contributed by atoms with Gasteiger partial charge in [0.25, 0.3) is 5.69 Å². The molecule has 0 fully saturated rings. The lowest BCUT2D eigenvalue weighted by molar-refractivity contribution is -0.385. The Kier molecular flexibility index (Phi) is 4.73. The number of nitro benzene ring substituents is 1. The molecule has 15 heavy (non-hydrogen) atoms. The van der Waals surface area contributed by atoms with Gasteiger partial charge in [-0.05, 0) is 13.3 Å². The molecule has 0 aromatic heterocycles. The summed E-state index contributed by atoms with van der Waals surface area (Å²) in [5.74, 6) is 0. The lowest BCUT2D eigenvalue weighted by atomic mass is 10.1. The molecule has 0 aliphatic heterocycles. The summed E-state index contributed by atoms with van der Waals surface area (Å²) in [5, 5.41) is 10.7. The van der Waals surface area contributed by atoms with E-state index in [4.69, 9.17) is 4.84 Å². The van der Waals surface area contributed by atoms with Gasteiger partial charge in [0.15, 0.2) is 0 Å². The van der Waals surface area contributed by atoms with Crippen LogP contribution < -0.4 is 5.48 Å². The summed E-state index contributed by atoms with van der Waals surface area (Å²) in [7, 11) is 0. The molecule has 1 N–H and O–H groups in total. The van der Waals surface area contributed by atoms with Crippen molar-refractivity contribution in [3.8, 4) is 0 Å². The standard InChI is InChI=1S/C10H14N2O3/c1-2-15-11-8-7-9-5-3-4-6-10(9)12(13)14/h3-6,11H,2,7-8H2,1H3. The van der Waals surface area contributed by atoms with E-state index in [1.807, 2.05) is 6.92 Å². The zero-order valence-electron chi connectivity index (χ0n) is 8.60. The lowest BCUT2D eigenvalue weighted by Crippen LogP contribution is -2.17. The first-order valence-corrected chi connectivity index (χ1v) is 4.82. The number of benzene rings is 1. The largest absolute Gasteiger partial charge is 0.302 e. The fraction of sp³-hybridized carbons (Fsp3) is 0.400. The third kappa shape index (κ3) is 3.65. The van der Waals surface area contributed by atoms with E-state index in [9.17, 15) is 10.1 Å². The lowest BCUT2D eigenvalue weighted by Gasteiger charge is -2.04. The fourth-order valence-electron chi connectivity index (χ4n) is 1.26. The summed E-state index contributed by atoms with van der Waals surface area (Å²) >= 11 is 0. The van der Waals surface area contributed by atoms with Crippen molar-refractivity contribution in [1.82, 2.24) is 5.48 Å². The predicted molar refractivity (Wildman–Crippen MR) is 56.4 cm³/mol. The van der Waals surface area contributed by atoms with Gasteiger partial charge in [-0.15, -0.1) is 0 Å². The highest BCUT2D eigenvalue weighted by molar-refractivity contribution is 5.39. The van der Waals surface area contributed by atoms with Crippen LogP contribution in [0.3, 0.4) is 0 Å². The molecule has 0 bridgehead atoms. The quantitative estimate of drug-likeness (QED) is 0.440. The number of nitro groups is 1. The van der Waals surface area contributed by atoms with Gasteiger partial charge in [0.05, 0.1) is 11.5 Å². The predicted octanol–water partition coefficient (Wildman–Crippen LogP) is 1.68. The average molecular weight is 210 g/mol. The number of nitrogens with one attached hydrogen (secondary N) is 1. The van der Waals surface area contributed by atoms with Crippen molar-refractivity contribution in [3.05, 3.63) is 39.9 Å². The molecule has 0 saturated carbocycles. The summed E-state index contributed by atoms with van der Waals surface area (Å²) in [6.07, 6.45) is 0.581. The van der Waals surface area contributed by atoms with E-state index in [0.29, 0.717) is 19.6 Å². The maximum atomic E-state index is 10.7. The maximum Gasteiger partial charge on any atom is 0.272 e. The van der Waals surface area contributed by atoms with Crippen LogP contribution in [0.1, 0.15) is 12.5 Å². The van der Waals surface area contributed by atoms with Crippen molar-refractivity contribution in [1.29, 1.82) is 0 Å². The normalized spacial score (nSPS) is 10.2. The van der Waals surface area contributed by atoms with Crippen LogP contribution in [0.5, 0.6) is 0 Å². The molecule has 0 saturated heterocycles. The van der Waals surface area contributed by atoms with Gasteiger partial charge in [0, 0.05) is 18.2 Å². The van der Waals surface area contributed by atoms with Crippen LogP contribution in [-0.4, -0.2) is 18.1 Å². The first-order valence-electron chi connectivity index (χ1n) is 4.82. The number of nitrogens with zero attached hydrogens (tertiary/aromatic N) is 1. The minimum atomic E-state index is -0.365. The summed E-state index contributed by atoms with van der Waals surface area (Å²) < 4.78 is 0. The van der Waals surface area contributed by atoms with E-state index in [1.54, 1.807) is 18.2 Å². The van der Waals surface area contributed by atoms with Crippen molar-refractivity contribution in [3.63, 3.8) is 0 Å². The van der Waals surface area contributed by atoms with Crippen molar-refractivity contribution in [2.75, 3.05) is 13.2 Å². The molecule has 0 aliphatic rings. The van der Waals surface area contributed by atoms with Gasteiger partial charge in [-0.2, -0.15) is 0 Å². The summed E-state index contributed by atoms with van der Waals surface area (Å²) in [6, 6.07) is 6.72. The van der Waals surface area contributed by atoms with Gasteiger partial charge in [-0.1, -0.05) is 18.2 Å². The molecule has 0 heterocycles. The Labute approximate surface area is 88.2 Å². The van der Waals surface area contributed by atoms with E-state index >= 15 is 0 Å². The Hall–Kier alpha value is -1.46. The molecule has 0 aliphatic carbocycles. The second-order valence-electron chi connectivity index (χ2n) is 2.96. The second kappa shape index (κ2) is 6.10. The van der Waals surface area contributed by atoms with E-state index in [2.05, 4.69) is 5.48 Å². The Morgan fingerprint density at radius 1 is 1.47 bits per heavy atom. The Balaban J connectivity index is 2.56. The summed E-state index contributed by atoms with van der Waals surface area (Å²) in [5.41, 5.74) is 3.61. The van der Waals surface area contributed by atoms with E-state index < -0.39 is 0 Å². The molecular weight excluding hydrogens is 196 g/mol. The van der Waals surface area contributed by atoms with Gasteiger partial charge in [0.2, 0.25) is 0 Å². The van der Waals surface area contributed by atoms with Crippen LogP contribution in [-0.2, 0) is 11.3 Å².